The Morgan fingerprint density at radius 1 is 1.37 bits per heavy atom. The van der Waals surface area contributed by atoms with Gasteiger partial charge in [0.2, 0.25) is 0 Å². The normalized spacial score (nSPS) is 10.0. The summed E-state index contributed by atoms with van der Waals surface area (Å²) in [6, 6.07) is 3.58. The van der Waals surface area contributed by atoms with E-state index in [0.29, 0.717) is 15.9 Å². The number of aromatic nitrogens is 3. The van der Waals surface area contributed by atoms with Gasteiger partial charge in [0.15, 0.2) is 5.69 Å². The van der Waals surface area contributed by atoms with Crippen LogP contribution in [0, 0.1) is 0 Å². The predicted octanol–water partition coefficient (Wildman–Crippen LogP) is 1.48. The molecule has 0 saturated carbocycles. The SMILES string of the molecule is C=C(NNC(=O)c1nn(C)cc1Br)c1ccncc1. The average molecular weight is 322 g/mol. The Labute approximate surface area is 118 Å². The Hall–Kier alpha value is -2.15. The summed E-state index contributed by atoms with van der Waals surface area (Å²) in [6.07, 6.45) is 5.01. The van der Waals surface area contributed by atoms with Gasteiger partial charge >= 0.3 is 0 Å². The molecule has 6 nitrogen and oxygen atoms in total. The Balaban J connectivity index is 1.98. The number of hydrazine groups is 1. The van der Waals surface area contributed by atoms with Crippen molar-refractivity contribution in [1.29, 1.82) is 0 Å². The van der Waals surface area contributed by atoms with E-state index in [9.17, 15) is 4.79 Å². The van der Waals surface area contributed by atoms with Gasteiger partial charge in [-0.3, -0.25) is 25.3 Å². The molecule has 0 atom stereocenters. The topological polar surface area (TPSA) is 71.8 Å². The third kappa shape index (κ3) is 3.19. The maximum atomic E-state index is 11.9. The fraction of sp³-hybridized carbons (Fsp3) is 0.0833. The smallest absolute Gasteiger partial charge is 0.291 e. The van der Waals surface area contributed by atoms with Gasteiger partial charge in [-0.1, -0.05) is 6.58 Å². The van der Waals surface area contributed by atoms with E-state index in [4.69, 9.17) is 0 Å². The molecule has 2 N–H and O–H groups in total. The molecule has 0 aliphatic carbocycles. The van der Waals surface area contributed by atoms with Crippen molar-refractivity contribution in [2.24, 2.45) is 7.05 Å². The van der Waals surface area contributed by atoms with Gasteiger partial charge in [0.25, 0.3) is 5.91 Å². The molecule has 0 unspecified atom stereocenters. The zero-order valence-electron chi connectivity index (χ0n) is 10.2. The molecule has 0 saturated heterocycles. The van der Waals surface area contributed by atoms with Crippen molar-refractivity contribution in [3.05, 3.63) is 53.0 Å². The second-order valence-corrected chi connectivity index (χ2v) is 4.65. The van der Waals surface area contributed by atoms with Crippen molar-refractivity contribution in [3.8, 4) is 0 Å². The predicted molar refractivity (Wildman–Crippen MR) is 74.8 cm³/mol. The molecule has 1 amide bonds. The molecule has 2 aromatic rings. The maximum Gasteiger partial charge on any atom is 0.291 e. The van der Waals surface area contributed by atoms with Crippen LogP contribution in [0.25, 0.3) is 5.70 Å². The molecular formula is C12H12BrN5O. The lowest BCUT2D eigenvalue weighted by Crippen LogP contribution is -2.36. The van der Waals surface area contributed by atoms with Gasteiger partial charge in [0.1, 0.15) is 0 Å². The number of pyridine rings is 1. The Bertz CT molecular complexity index is 608. The van der Waals surface area contributed by atoms with Gasteiger partial charge in [0.05, 0.1) is 10.2 Å². The first-order chi connectivity index (χ1) is 9.08. The number of hydrogen-bond donors (Lipinski definition) is 2. The van der Waals surface area contributed by atoms with E-state index in [2.05, 4.69) is 43.4 Å². The highest BCUT2D eigenvalue weighted by Crippen LogP contribution is 2.13. The second kappa shape index (κ2) is 5.66. The standard InChI is InChI=1S/C12H12BrN5O/c1-8(9-3-5-14-6-4-9)15-16-12(19)11-10(13)7-18(2)17-11/h3-7,15H,1H2,2H3,(H,16,19). The van der Waals surface area contributed by atoms with Crippen LogP contribution in [-0.2, 0) is 7.05 Å². The van der Waals surface area contributed by atoms with Gasteiger partial charge in [-0.2, -0.15) is 5.10 Å². The van der Waals surface area contributed by atoms with Crippen LogP contribution in [0.3, 0.4) is 0 Å². The first-order valence-electron chi connectivity index (χ1n) is 5.42. The van der Waals surface area contributed by atoms with Crippen LogP contribution in [0.2, 0.25) is 0 Å². The molecular weight excluding hydrogens is 310 g/mol. The van der Waals surface area contributed by atoms with Crippen LogP contribution in [0.15, 0.2) is 41.8 Å². The fourth-order valence-corrected chi connectivity index (χ4v) is 1.99. The van der Waals surface area contributed by atoms with E-state index in [0.717, 1.165) is 5.56 Å². The average Bonchev–Trinajstić information content (AvgIpc) is 2.75. The molecule has 0 fully saturated rings. The minimum absolute atomic E-state index is 0.303. The van der Waals surface area contributed by atoms with Crippen LogP contribution >= 0.6 is 15.9 Å². The molecule has 0 aliphatic rings. The molecule has 2 heterocycles. The van der Waals surface area contributed by atoms with Crippen LogP contribution in [0.5, 0.6) is 0 Å². The summed E-state index contributed by atoms with van der Waals surface area (Å²) < 4.78 is 2.18. The van der Waals surface area contributed by atoms with Crippen molar-refractivity contribution in [2.45, 2.75) is 0 Å². The van der Waals surface area contributed by atoms with Crippen molar-refractivity contribution in [2.75, 3.05) is 0 Å². The van der Waals surface area contributed by atoms with E-state index in [1.807, 2.05) is 0 Å². The van der Waals surface area contributed by atoms with Gasteiger partial charge in [-0.15, -0.1) is 0 Å². The number of halogens is 1. The molecule has 0 aliphatic heterocycles. The number of amides is 1. The highest BCUT2D eigenvalue weighted by atomic mass is 79.9. The molecule has 0 radical (unpaired) electrons. The summed E-state index contributed by atoms with van der Waals surface area (Å²) in [4.78, 5) is 15.8. The number of nitrogens with one attached hydrogen (secondary N) is 2. The number of carbonyl (C=O) groups is 1. The molecule has 7 heteroatoms. The maximum absolute atomic E-state index is 11.9. The Morgan fingerprint density at radius 3 is 2.63 bits per heavy atom. The van der Waals surface area contributed by atoms with Crippen molar-refractivity contribution >= 4 is 27.5 Å². The van der Waals surface area contributed by atoms with E-state index in [1.54, 1.807) is 42.5 Å². The van der Waals surface area contributed by atoms with Crippen molar-refractivity contribution in [3.63, 3.8) is 0 Å². The number of hydrogen-bond acceptors (Lipinski definition) is 4. The van der Waals surface area contributed by atoms with Gasteiger partial charge in [-0.05, 0) is 28.1 Å². The summed E-state index contributed by atoms with van der Waals surface area (Å²) in [5.74, 6) is -0.345. The molecule has 98 valence electrons. The lowest BCUT2D eigenvalue weighted by Gasteiger charge is -2.10. The lowest BCUT2D eigenvalue weighted by molar-refractivity contribution is 0.0936. The molecule has 2 aromatic heterocycles. The summed E-state index contributed by atoms with van der Waals surface area (Å²) >= 11 is 3.27. The quantitative estimate of drug-likeness (QED) is 0.837. The number of aryl methyl sites for hydroxylation is 1. The molecule has 0 spiro atoms. The summed E-state index contributed by atoms with van der Waals surface area (Å²) in [5.41, 5.74) is 7.00. The minimum Gasteiger partial charge on any atom is -0.298 e. The first kappa shape index (κ1) is 13.3. The fourth-order valence-electron chi connectivity index (χ4n) is 1.43. The lowest BCUT2D eigenvalue weighted by atomic mass is 10.2. The molecule has 0 aromatic carbocycles. The molecule has 0 bridgehead atoms. The number of nitrogens with zero attached hydrogens (tertiary/aromatic N) is 3. The monoisotopic (exact) mass is 321 g/mol. The van der Waals surface area contributed by atoms with Crippen LogP contribution in [-0.4, -0.2) is 20.7 Å². The third-order valence-corrected chi connectivity index (χ3v) is 2.94. The second-order valence-electron chi connectivity index (χ2n) is 3.79. The Morgan fingerprint density at radius 2 is 2.05 bits per heavy atom. The zero-order chi connectivity index (χ0) is 13.8. The number of carbonyl (C=O) groups excluding carboxylic acids is 1. The van der Waals surface area contributed by atoms with Crippen LogP contribution < -0.4 is 10.9 Å². The van der Waals surface area contributed by atoms with Crippen LogP contribution in [0.4, 0.5) is 0 Å². The van der Waals surface area contributed by atoms with Crippen molar-refractivity contribution in [1.82, 2.24) is 25.6 Å². The van der Waals surface area contributed by atoms with Gasteiger partial charge < -0.3 is 0 Å². The third-order valence-electron chi connectivity index (χ3n) is 2.35. The highest BCUT2D eigenvalue weighted by molar-refractivity contribution is 9.10. The number of rotatable bonds is 4. The van der Waals surface area contributed by atoms with Gasteiger partial charge in [-0.25, -0.2) is 0 Å². The van der Waals surface area contributed by atoms with E-state index < -0.39 is 0 Å². The first-order valence-corrected chi connectivity index (χ1v) is 6.22. The van der Waals surface area contributed by atoms with Gasteiger partial charge in [0, 0.05) is 31.2 Å². The van der Waals surface area contributed by atoms with Crippen LogP contribution in [0.1, 0.15) is 16.1 Å². The zero-order valence-corrected chi connectivity index (χ0v) is 11.8. The summed E-state index contributed by atoms with van der Waals surface area (Å²) in [6.45, 7) is 3.83. The molecule has 19 heavy (non-hydrogen) atoms. The van der Waals surface area contributed by atoms with E-state index in [1.165, 1.54) is 0 Å². The van der Waals surface area contributed by atoms with E-state index in [-0.39, 0.29) is 5.91 Å². The van der Waals surface area contributed by atoms with E-state index >= 15 is 0 Å². The Kier molecular flexibility index (Phi) is 3.96. The highest BCUT2D eigenvalue weighted by Gasteiger charge is 2.14. The summed E-state index contributed by atoms with van der Waals surface area (Å²) in [7, 11) is 1.74. The largest absolute Gasteiger partial charge is 0.298 e. The summed E-state index contributed by atoms with van der Waals surface area (Å²) in [5, 5.41) is 4.04. The minimum atomic E-state index is -0.345. The van der Waals surface area contributed by atoms with Crippen molar-refractivity contribution < 1.29 is 4.79 Å². The molecule has 2 rings (SSSR count).